The van der Waals surface area contributed by atoms with Gasteiger partial charge in [0.15, 0.2) is 0 Å². The van der Waals surface area contributed by atoms with Crippen LogP contribution in [0.3, 0.4) is 0 Å². The Morgan fingerprint density at radius 2 is 1.73 bits per heavy atom. The molecule has 1 heterocycles. The normalized spacial score (nSPS) is 42.9. The molecule has 1 amide bonds. The summed E-state index contributed by atoms with van der Waals surface area (Å²) in [5, 5.41) is 9.81. The van der Waals surface area contributed by atoms with E-state index in [0.717, 1.165) is 51.5 Å². The van der Waals surface area contributed by atoms with E-state index in [9.17, 15) is 14.7 Å². The number of benzene rings is 1. The van der Waals surface area contributed by atoms with Crippen molar-refractivity contribution < 1.29 is 14.7 Å². The minimum Gasteiger partial charge on any atom is -0.481 e. The number of carboxylic acids is 1. The number of nitrogens with zero attached hydrogens (tertiary/aromatic N) is 1. The van der Waals surface area contributed by atoms with Crippen molar-refractivity contribution in [3.8, 4) is 0 Å². The lowest BCUT2D eigenvalue weighted by molar-refractivity contribution is -0.166. The van der Waals surface area contributed by atoms with Crippen LogP contribution < -0.4 is 0 Å². The standard InChI is InChI=1S/C26H35NO3/c1-25-14-12-20-18(19(25)9-10-21(25)24(29)30)8-11-22-26(20,2)15-13-23(28)27(22)16-17-6-4-3-5-7-17/h3-7,18-22H,8-16H2,1-2H3,(H,29,30)/t18-,19-,20-,21+,22+,25-,26+/m0/s1. The summed E-state index contributed by atoms with van der Waals surface area (Å²) < 4.78 is 0. The van der Waals surface area contributed by atoms with Crippen LogP contribution in [0.4, 0.5) is 0 Å². The van der Waals surface area contributed by atoms with Gasteiger partial charge in [0.05, 0.1) is 5.92 Å². The first-order valence-corrected chi connectivity index (χ1v) is 11.9. The number of fused-ring (bicyclic) bond motifs is 5. The Morgan fingerprint density at radius 3 is 2.47 bits per heavy atom. The molecule has 0 bridgehead atoms. The third-order valence-electron chi connectivity index (χ3n) is 9.89. The second kappa shape index (κ2) is 7.10. The van der Waals surface area contributed by atoms with E-state index < -0.39 is 5.97 Å². The Labute approximate surface area is 180 Å². The maximum atomic E-state index is 13.0. The van der Waals surface area contributed by atoms with Gasteiger partial charge < -0.3 is 10.0 Å². The molecule has 4 aliphatic rings. The first-order valence-electron chi connectivity index (χ1n) is 11.9. The van der Waals surface area contributed by atoms with Crippen LogP contribution >= 0.6 is 0 Å². The highest BCUT2D eigenvalue weighted by molar-refractivity contribution is 5.78. The number of carbonyl (C=O) groups excluding carboxylic acids is 1. The minimum absolute atomic E-state index is 0.0373. The molecule has 4 fully saturated rings. The molecule has 1 aromatic rings. The quantitative estimate of drug-likeness (QED) is 0.754. The van der Waals surface area contributed by atoms with Gasteiger partial charge in [-0.2, -0.15) is 0 Å². The maximum Gasteiger partial charge on any atom is 0.307 e. The van der Waals surface area contributed by atoms with E-state index in [1.807, 2.05) is 6.07 Å². The van der Waals surface area contributed by atoms with Crippen LogP contribution in [0.5, 0.6) is 0 Å². The molecule has 3 saturated carbocycles. The van der Waals surface area contributed by atoms with E-state index in [1.54, 1.807) is 0 Å². The Balaban J connectivity index is 1.42. The highest BCUT2D eigenvalue weighted by atomic mass is 16.4. The molecule has 1 aliphatic heterocycles. The number of hydrogen-bond acceptors (Lipinski definition) is 2. The number of hydrogen-bond donors (Lipinski definition) is 1. The third kappa shape index (κ3) is 2.85. The van der Waals surface area contributed by atoms with Gasteiger partial charge >= 0.3 is 5.97 Å². The zero-order chi connectivity index (χ0) is 21.1. The molecule has 30 heavy (non-hydrogen) atoms. The largest absolute Gasteiger partial charge is 0.481 e. The Hall–Kier alpha value is -1.84. The van der Waals surface area contributed by atoms with E-state index in [0.29, 0.717) is 36.1 Å². The summed E-state index contributed by atoms with van der Waals surface area (Å²) in [6.45, 7) is 5.44. The molecule has 0 spiro atoms. The summed E-state index contributed by atoms with van der Waals surface area (Å²) in [6.07, 6.45) is 7.95. The lowest BCUT2D eigenvalue weighted by atomic mass is 9.47. The number of likely N-dealkylation sites (tertiary alicyclic amines) is 1. The Kier molecular flexibility index (Phi) is 4.75. The van der Waals surface area contributed by atoms with E-state index in [-0.39, 0.29) is 16.7 Å². The van der Waals surface area contributed by atoms with Crippen molar-refractivity contribution in [2.45, 2.75) is 77.8 Å². The van der Waals surface area contributed by atoms with Crippen molar-refractivity contribution >= 4 is 11.9 Å². The van der Waals surface area contributed by atoms with Gasteiger partial charge in [-0.15, -0.1) is 0 Å². The predicted molar refractivity (Wildman–Crippen MR) is 116 cm³/mol. The van der Waals surface area contributed by atoms with E-state index in [1.165, 1.54) is 5.56 Å². The van der Waals surface area contributed by atoms with Crippen LogP contribution in [0.2, 0.25) is 0 Å². The zero-order valence-electron chi connectivity index (χ0n) is 18.3. The second-order valence-corrected chi connectivity index (χ2v) is 11.0. The van der Waals surface area contributed by atoms with Gasteiger partial charge in [-0.25, -0.2) is 0 Å². The first-order chi connectivity index (χ1) is 14.3. The van der Waals surface area contributed by atoms with Crippen molar-refractivity contribution in [2.75, 3.05) is 0 Å². The highest BCUT2D eigenvalue weighted by Crippen LogP contribution is 2.66. The van der Waals surface area contributed by atoms with E-state index >= 15 is 0 Å². The SMILES string of the molecule is C[C@]12CC[C@H]3[C@@H](CC[C@H]4N(Cc5ccccc5)C(=O)CC[C@]34C)[C@@H]1CC[C@@H]2C(=O)O. The average Bonchev–Trinajstić information content (AvgIpc) is 3.09. The molecule has 3 aliphatic carbocycles. The minimum atomic E-state index is -0.587. The number of amides is 1. The molecule has 4 nitrogen and oxygen atoms in total. The van der Waals surface area contributed by atoms with Crippen LogP contribution in [0.15, 0.2) is 30.3 Å². The molecule has 0 radical (unpaired) electrons. The van der Waals surface area contributed by atoms with Gasteiger partial charge in [-0.3, -0.25) is 9.59 Å². The zero-order valence-corrected chi connectivity index (χ0v) is 18.3. The molecule has 0 unspecified atom stereocenters. The van der Waals surface area contributed by atoms with E-state index in [2.05, 4.69) is 43.0 Å². The van der Waals surface area contributed by atoms with Crippen LogP contribution in [-0.4, -0.2) is 27.9 Å². The molecule has 1 N–H and O–H groups in total. The summed E-state index contributed by atoms with van der Waals surface area (Å²) in [5.41, 5.74) is 1.34. The van der Waals surface area contributed by atoms with Crippen LogP contribution in [0.25, 0.3) is 0 Å². The topological polar surface area (TPSA) is 57.6 Å². The Bertz CT molecular complexity index is 838. The summed E-state index contributed by atoms with van der Waals surface area (Å²) >= 11 is 0. The number of aliphatic carboxylic acids is 1. The number of rotatable bonds is 3. The summed E-state index contributed by atoms with van der Waals surface area (Å²) in [4.78, 5) is 27.1. The average molecular weight is 410 g/mol. The lowest BCUT2D eigenvalue weighted by Crippen LogP contribution is -2.62. The summed E-state index contributed by atoms with van der Waals surface area (Å²) in [5.74, 6) is 1.34. The molecule has 162 valence electrons. The van der Waals surface area contributed by atoms with Gasteiger partial charge in [0, 0.05) is 19.0 Å². The summed E-state index contributed by atoms with van der Waals surface area (Å²) in [6, 6.07) is 10.7. The number of piperidine rings is 1. The Morgan fingerprint density at radius 1 is 1.00 bits per heavy atom. The fourth-order valence-electron chi connectivity index (χ4n) is 8.38. The highest BCUT2D eigenvalue weighted by Gasteiger charge is 2.62. The third-order valence-corrected chi connectivity index (χ3v) is 9.89. The molecular weight excluding hydrogens is 374 g/mol. The fourth-order valence-corrected chi connectivity index (χ4v) is 8.38. The van der Waals surface area contributed by atoms with Gasteiger partial charge in [0.25, 0.3) is 0 Å². The van der Waals surface area contributed by atoms with Crippen molar-refractivity contribution in [1.82, 2.24) is 4.90 Å². The van der Waals surface area contributed by atoms with Gasteiger partial charge in [-0.05, 0) is 79.1 Å². The molecule has 5 rings (SSSR count). The van der Waals surface area contributed by atoms with Crippen molar-refractivity contribution in [1.29, 1.82) is 0 Å². The molecule has 7 atom stereocenters. The molecule has 4 heteroatoms. The smallest absolute Gasteiger partial charge is 0.307 e. The molecule has 1 saturated heterocycles. The van der Waals surface area contributed by atoms with Gasteiger partial charge in [0.2, 0.25) is 5.91 Å². The lowest BCUT2D eigenvalue weighted by Gasteiger charge is -2.62. The van der Waals surface area contributed by atoms with Crippen molar-refractivity contribution in [3.63, 3.8) is 0 Å². The predicted octanol–water partition coefficient (Wildman–Crippen LogP) is 5.12. The first kappa shape index (κ1) is 20.1. The fraction of sp³-hybridized carbons (Fsp3) is 0.692. The molecular formula is C26H35NO3. The van der Waals surface area contributed by atoms with Crippen LogP contribution in [-0.2, 0) is 16.1 Å². The van der Waals surface area contributed by atoms with Crippen LogP contribution in [0.1, 0.15) is 70.8 Å². The van der Waals surface area contributed by atoms with Crippen molar-refractivity contribution in [3.05, 3.63) is 35.9 Å². The van der Waals surface area contributed by atoms with E-state index in [4.69, 9.17) is 0 Å². The maximum absolute atomic E-state index is 13.0. The molecule has 0 aromatic heterocycles. The van der Waals surface area contributed by atoms with Crippen LogP contribution in [0, 0.1) is 34.5 Å². The van der Waals surface area contributed by atoms with Gasteiger partial charge in [0.1, 0.15) is 0 Å². The van der Waals surface area contributed by atoms with Gasteiger partial charge in [-0.1, -0.05) is 44.2 Å². The number of carbonyl (C=O) groups is 2. The van der Waals surface area contributed by atoms with Crippen molar-refractivity contribution in [2.24, 2.45) is 34.5 Å². The summed E-state index contributed by atoms with van der Waals surface area (Å²) in [7, 11) is 0. The monoisotopic (exact) mass is 409 g/mol. The number of carboxylic acid groups (broad SMARTS) is 1. The molecule has 1 aromatic carbocycles. The second-order valence-electron chi connectivity index (χ2n) is 11.0.